The number of aryl methyl sites for hydroxylation is 1. The number of alkyl halides is 1. The van der Waals surface area contributed by atoms with Gasteiger partial charge < -0.3 is 16.0 Å². The van der Waals surface area contributed by atoms with Crippen LogP contribution in [0.5, 0.6) is 0 Å². The number of pyridine rings is 1. The first kappa shape index (κ1) is 27.3. The standard InChI is InChI=1S/C27H33FN10O2S/c1-37-12-8-23(36-37)22-16-31-26(14-24(22)33-20-4-2-3-19(13-20)29-11-9-28)34-25-7-10-30-27(35-25)18-15-32-38(17-18)41(39,40)21-5-6-21/h7-8,10,12,14-17,19-21,29H,2-6,9,11,13H2,1H3,(H2,30,31,33,34,35). The molecule has 0 saturated heterocycles. The molecule has 2 unspecified atom stereocenters. The van der Waals surface area contributed by atoms with E-state index in [-0.39, 0.29) is 24.0 Å². The lowest BCUT2D eigenvalue weighted by Gasteiger charge is -2.31. The van der Waals surface area contributed by atoms with Crippen LogP contribution in [-0.4, -0.2) is 72.9 Å². The number of rotatable bonds is 11. The number of hydrogen-bond acceptors (Lipinski definition) is 10. The molecule has 0 radical (unpaired) electrons. The number of nitrogens with one attached hydrogen (secondary N) is 3. The average Bonchev–Trinajstić information content (AvgIpc) is 3.56. The monoisotopic (exact) mass is 580 g/mol. The maximum absolute atomic E-state index is 12.7. The Kier molecular flexibility index (Phi) is 7.67. The molecule has 2 aliphatic rings. The van der Waals surface area contributed by atoms with E-state index in [4.69, 9.17) is 0 Å². The molecule has 216 valence electrons. The molecule has 0 aliphatic heterocycles. The molecule has 4 aromatic rings. The van der Waals surface area contributed by atoms with Crippen molar-refractivity contribution in [3.05, 3.63) is 49.2 Å². The molecule has 0 bridgehead atoms. The third-order valence-corrected chi connectivity index (χ3v) is 9.43. The molecule has 3 N–H and O–H groups in total. The summed E-state index contributed by atoms with van der Waals surface area (Å²) in [6.45, 7) is 0.00238. The molecule has 0 aromatic carbocycles. The predicted octanol–water partition coefficient (Wildman–Crippen LogP) is 3.50. The lowest BCUT2D eigenvalue weighted by molar-refractivity contribution is 0.337. The summed E-state index contributed by atoms with van der Waals surface area (Å²) in [5, 5.41) is 18.5. The van der Waals surface area contributed by atoms with Crippen molar-refractivity contribution in [3.8, 4) is 22.6 Å². The van der Waals surface area contributed by atoms with Crippen molar-refractivity contribution >= 4 is 27.3 Å². The van der Waals surface area contributed by atoms with Gasteiger partial charge in [0.15, 0.2) is 5.82 Å². The van der Waals surface area contributed by atoms with Crippen molar-refractivity contribution < 1.29 is 12.8 Å². The smallest absolute Gasteiger partial charge is 0.256 e. The fourth-order valence-corrected chi connectivity index (χ4v) is 6.64. The number of hydrogen-bond donors (Lipinski definition) is 3. The number of halogens is 1. The molecule has 0 spiro atoms. The zero-order valence-electron chi connectivity index (χ0n) is 22.7. The Morgan fingerprint density at radius 2 is 1.93 bits per heavy atom. The van der Waals surface area contributed by atoms with E-state index in [1.807, 2.05) is 25.4 Å². The van der Waals surface area contributed by atoms with Gasteiger partial charge in [0.2, 0.25) is 0 Å². The highest BCUT2D eigenvalue weighted by Gasteiger charge is 2.37. The van der Waals surface area contributed by atoms with E-state index in [1.54, 1.807) is 23.1 Å². The quantitative estimate of drug-likeness (QED) is 0.241. The van der Waals surface area contributed by atoms with Crippen molar-refractivity contribution in [2.75, 3.05) is 23.9 Å². The van der Waals surface area contributed by atoms with Gasteiger partial charge in [0.1, 0.15) is 18.3 Å². The summed E-state index contributed by atoms with van der Waals surface area (Å²) in [5.74, 6) is 1.43. The minimum Gasteiger partial charge on any atom is -0.382 e. The van der Waals surface area contributed by atoms with Crippen LogP contribution in [0.15, 0.2) is 49.2 Å². The molecule has 4 aromatic heterocycles. The summed E-state index contributed by atoms with van der Waals surface area (Å²) >= 11 is 0. The van der Waals surface area contributed by atoms with Crippen LogP contribution in [0.2, 0.25) is 0 Å². The second-order valence-corrected chi connectivity index (χ2v) is 12.6. The Hall–Kier alpha value is -3.91. The highest BCUT2D eigenvalue weighted by Crippen LogP contribution is 2.33. The maximum atomic E-state index is 12.7. The van der Waals surface area contributed by atoms with E-state index in [1.165, 1.54) is 12.4 Å². The van der Waals surface area contributed by atoms with Gasteiger partial charge in [0, 0.05) is 61.6 Å². The van der Waals surface area contributed by atoms with Gasteiger partial charge in [-0.15, -0.1) is 0 Å². The molecule has 12 nitrogen and oxygen atoms in total. The van der Waals surface area contributed by atoms with Gasteiger partial charge in [-0.3, -0.25) is 4.68 Å². The van der Waals surface area contributed by atoms with E-state index in [0.717, 1.165) is 46.7 Å². The van der Waals surface area contributed by atoms with Gasteiger partial charge in [0.25, 0.3) is 10.0 Å². The minimum atomic E-state index is -3.47. The Bertz CT molecular complexity index is 1620. The van der Waals surface area contributed by atoms with Crippen LogP contribution in [0.3, 0.4) is 0 Å². The SMILES string of the molecule is Cn1ccc(-c2cnc(Nc3ccnc(-c4cnn(S(=O)(=O)C5CC5)c4)n3)cc2NC2CCCC(NCCF)C2)n1. The van der Waals surface area contributed by atoms with Crippen LogP contribution in [0.4, 0.5) is 21.7 Å². The molecule has 2 aliphatic carbocycles. The van der Waals surface area contributed by atoms with E-state index in [9.17, 15) is 12.8 Å². The molecule has 0 amide bonds. The van der Waals surface area contributed by atoms with Gasteiger partial charge in [-0.2, -0.15) is 14.3 Å². The van der Waals surface area contributed by atoms with Gasteiger partial charge in [-0.1, -0.05) is 0 Å². The molecule has 2 fully saturated rings. The molecule has 4 heterocycles. The van der Waals surface area contributed by atoms with Gasteiger partial charge in [0.05, 0.1) is 28.9 Å². The Labute approximate surface area is 237 Å². The fraction of sp³-hybridized carbons (Fsp3) is 0.444. The predicted molar refractivity (Wildman–Crippen MR) is 154 cm³/mol. The molecular formula is C27H33FN10O2S. The summed E-state index contributed by atoms with van der Waals surface area (Å²) in [6.07, 6.45) is 13.5. The second kappa shape index (κ2) is 11.5. The first-order chi connectivity index (χ1) is 19.9. The number of anilines is 3. The zero-order chi connectivity index (χ0) is 28.4. The first-order valence-corrected chi connectivity index (χ1v) is 15.3. The topological polar surface area (TPSA) is 145 Å². The number of aromatic nitrogens is 7. The third-order valence-electron chi connectivity index (χ3n) is 7.39. The zero-order valence-corrected chi connectivity index (χ0v) is 23.6. The Morgan fingerprint density at radius 3 is 2.71 bits per heavy atom. The lowest BCUT2D eigenvalue weighted by atomic mass is 9.90. The van der Waals surface area contributed by atoms with Crippen LogP contribution in [0.1, 0.15) is 38.5 Å². The van der Waals surface area contributed by atoms with Crippen LogP contribution < -0.4 is 16.0 Å². The fourth-order valence-electron chi connectivity index (χ4n) is 5.17. The van der Waals surface area contributed by atoms with Gasteiger partial charge in [-0.25, -0.2) is 27.8 Å². The van der Waals surface area contributed by atoms with E-state index in [0.29, 0.717) is 42.4 Å². The second-order valence-electron chi connectivity index (χ2n) is 10.6. The molecule has 41 heavy (non-hydrogen) atoms. The van der Waals surface area contributed by atoms with Crippen molar-refractivity contribution in [1.29, 1.82) is 0 Å². The summed E-state index contributed by atoms with van der Waals surface area (Å²) in [4.78, 5) is 13.5. The largest absolute Gasteiger partial charge is 0.382 e. The van der Waals surface area contributed by atoms with Crippen LogP contribution in [0.25, 0.3) is 22.6 Å². The highest BCUT2D eigenvalue weighted by molar-refractivity contribution is 7.90. The summed E-state index contributed by atoms with van der Waals surface area (Å²) < 4.78 is 40.5. The van der Waals surface area contributed by atoms with Crippen molar-refractivity contribution in [1.82, 2.24) is 39.2 Å². The van der Waals surface area contributed by atoms with Crippen molar-refractivity contribution in [3.63, 3.8) is 0 Å². The summed E-state index contributed by atoms with van der Waals surface area (Å²) in [5.41, 5.74) is 3.08. The Balaban J connectivity index is 1.23. The third kappa shape index (κ3) is 6.22. The van der Waals surface area contributed by atoms with Gasteiger partial charge in [-0.05, 0) is 50.7 Å². The minimum absolute atomic E-state index is 0.215. The van der Waals surface area contributed by atoms with E-state index in [2.05, 4.69) is 41.1 Å². The molecular weight excluding hydrogens is 547 g/mol. The average molecular weight is 581 g/mol. The molecule has 14 heteroatoms. The summed E-state index contributed by atoms with van der Waals surface area (Å²) in [6, 6.07) is 6.09. The highest BCUT2D eigenvalue weighted by atomic mass is 32.2. The first-order valence-electron chi connectivity index (χ1n) is 13.8. The van der Waals surface area contributed by atoms with Crippen LogP contribution in [-0.2, 0) is 17.1 Å². The molecule has 6 rings (SSSR count). The van der Waals surface area contributed by atoms with Crippen LogP contribution >= 0.6 is 0 Å². The van der Waals surface area contributed by atoms with Gasteiger partial charge >= 0.3 is 0 Å². The maximum Gasteiger partial charge on any atom is 0.256 e. The molecule has 2 saturated carbocycles. The number of nitrogens with zero attached hydrogens (tertiary/aromatic N) is 7. The summed E-state index contributed by atoms with van der Waals surface area (Å²) in [7, 11) is -1.60. The van der Waals surface area contributed by atoms with Crippen molar-refractivity contribution in [2.45, 2.75) is 55.9 Å². The normalized spacial score (nSPS) is 19.3. The van der Waals surface area contributed by atoms with Crippen LogP contribution in [0, 0.1) is 0 Å². The van der Waals surface area contributed by atoms with Crippen molar-refractivity contribution in [2.24, 2.45) is 7.05 Å². The Morgan fingerprint density at radius 1 is 1.07 bits per heavy atom. The van der Waals surface area contributed by atoms with E-state index < -0.39 is 10.0 Å². The lowest BCUT2D eigenvalue weighted by Crippen LogP contribution is -2.39. The van der Waals surface area contributed by atoms with E-state index >= 15 is 0 Å². The molecule has 2 atom stereocenters.